The van der Waals surface area contributed by atoms with Crippen LogP contribution >= 0.6 is 0 Å². The minimum atomic E-state index is 0.251. The average molecular weight is 228 g/mol. The first-order valence-electron chi connectivity index (χ1n) is 6.35. The van der Waals surface area contributed by atoms with Gasteiger partial charge in [-0.1, -0.05) is 0 Å². The summed E-state index contributed by atoms with van der Waals surface area (Å²) >= 11 is 0. The van der Waals surface area contributed by atoms with Crippen molar-refractivity contribution in [3.8, 4) is 0 Å². The van der Waals surface area contributed by atoms with Crippen molar-refractivity contribution in [1.82, 2.24) is 10.2 Å². The molecule has 2 rings (SSSR count). The Balaban J connectivity index is 1.58. The Morgan fingerprint density at radius 3 is 2.25 bits per heavy atom. The van der Waals surface area contributed by atoms with Gasteiger partial charge in [-0.05, 0) is 32.4 Å². The summed E-state index contributed by atoms with van der Waals surface area (Å²) in [5, 5.41) is 3.54. The summed E-state index contributed by atoms with van der Waals surface area (Å²) in [6.45, 7) is 4.33. The third kappa shape index (κ3) is 3.42. The second-order valence-electron chi connectivity index (χ2n) is 4.89. The molecule has 1 aliphatic heterocycles. The topological polar surface area (TPSA) is 33.7 Å². The molecule has 0 aromatic rings. The second-order valence-corrected chi connectivity index (χ2v) is 4.89. The van der Waals surface area contributed by atoms with E-state index in [-0.39, 0.29) is 12.2 Å². The molecular formula is C12H24N2O2. The van der Waals surface area contributed by atoms with Crippen LogP contribution in [0.5, 0.6) is 0 Å². The standard InChI is InChI=1S/C12H24N2O2/c1-15-11-8-14(9-12(11)16-2)7-3-6-13-10-4-5-10/h10-13H,3-9H2,1-2H3. The maximum atomic E-state index is 5.42. The molecule has 0 amide bonds. The lowest BCUT2D eigenvalue weighted by molar-refractivity contribution is -0.00461. The molecule has 94 valence electrons. The van der Waals surface area contributed by atoms with Gasteiger partial charge in [0.1, 0.15) is 0 Å². The molecule has 1 N–H and O–H groups in total. The maximum Gasteiger partial charge on any atom is 0.0971 e. The summed E-state index contributed by atoms with van der Waals surface area (Å²) in [7, 11) is 3.55. The summed E-state index contributed by atoms with van der Waals surface area (Å²) in [6, 6.07) is 0.831. The molecule has 4 heteroatoms. The lowest BCUT2D eigenvalue weighted by Gasteiger charge is -2.14. The molecule has 2 fully saturated rings. The fourth-order valence-corrected chi connectivity index (χ4v) is 2.35. The molecular weight excluding hydrogens is 204 g/mol. The number of nitrogens with one attached hydrogen (secondary N) is 1. The molecule has 16 heavy (non-hydrogen) atoms. The second kappa shape index (κ2) is 5.96. The van der Waals surface area contributed by atoms with Gasteiger partial charge in [0.05, 0.1) is 12.2 Å². The summed E-state index contributed by atoms with van der Waals surface area (Å²) in [5.74, 6) is 0. The smallest absolute Gasteiger partial charge is 0.0971 e. The highest BCUT2D eigenvalue weighted by atomic mass is 16.5. The first-order valence-corrected chi connectivity index (χ1v) is 6.35. The average Bonchev–Trinajstić information content (AvgIpc) is 3.04. The molecule has 2 unspecified atom stereocenters. The highest BCUT2D eigenvalue weighted by molar-refractivity contribution is 4.86. The molecule has 0 aromatic carbocycles. The van der Waals surface area contributed by atoms with E-state index in [1.807, 2.05) is 0 Å². The number of likely N-dealkylation sites (tertiary alicyclic amines) is 1. The van der Waals surface area contributed by atoms with Crippen molar-refractivity contribution in [3.63, 3.8) is 0 Å². The van der Waals surface area contributed by atoms with Crippen molar-refractivity contribution in [2.75, 3.05) is 40.4 Å². The van der Waals surface area contributed by atoms with Crippen LogP contribution in [0, 0.1) is 0 Å². The van der Waals surface area contributed by atoms with Gasteiger partial charge in [0.15, 0.2) is 0 Å². The molecule has 1 heterocycles. The summed E-state index contributed by atoms with van der Waals surface area (Å²) < 4.78 is 10.8. The summed E-state index contributed by atoms with van der Waals surface area (Å²) in [6.07, 6.45) is 4.48. The highest BCUT2D eigenvalue weighted by Gasteiger charge is 2.32. The molecule has 0 bridgehead atoms. The van der Waals surface area contributed by atoms with E-state index in [2.05, 4.69) is 10.2 Å². The quantitative estimate of drug-likeness (QED) is 0.642. The van der Waals surface area contributed by atoms with Crippen LogP contribution in [0.15, 0.2) is 0 Å². The fourth-order valence-electron chi connectivity index (χ4n) is 2.35. The van der Waals surface area contributed by atoms with Crippen LogP contribution in [0.2, 0.25) is 0 Å². The normalized spacial score (nSPS) is 31.1. The number of methoxy groups -OCH3 is 2. The zero-order valence-corrected chi connectivity index (χ0v) is 10.4. The van der Waals surface area contributed by atoms with E-state index in [0.29, 0.717) is 0 Å². The van der Waals surface area contributed by atoms with Gasteiger partial charge < -0.3 is 14.8 Å². The first-order chi connectivity index (χ1) is 7.83. The first kappa shape index (κ1) is 12.3. The van der Waals surface area contributed by atoms with Crippen molar-refractivity contribution in [2.24, 2.45) is 0 Å². The van der Waals surface area contributed by atoms with Crippen LogP contribution < -0.4 is 5.32 Å². The largest absolute Gasteiger partial charge is 0.377 e. The Kier molecular flexibility index (Phi) is 4.58. The van der Waals surface area contributed by atoms with Crippen molar-refractivity contribution in [1.29, 1.82) is 0 Å². The third-order valence-electron chi connectivity index (χ3n) is 3.56. The molecule has 0 spiro atoms. The number of hydrogen-bond acceptors (Lipinski definition) is 4. The summed E-state index contributed by atoms with van der Waals surface area (Å²) in [4.78, 5) is 2.44. The van der Waals surface area contributed by atoms with E-state index in [1.54, 1.807) is 14.2 Å². The van der Waals surface area contributed by atoms with Crippen LogP contribution in [0.4, 0.5) is 0 Å². The highest BCUT2D eigenvalue weighted by Crippen LogP contribution is 2.19. The Bertz CT molecular complexity index is 197. The Morgan fingerprint density at radius 2 is 1.75 bits per heavy atom. The molecule has 0 radical (unpaired) electrons. The lowest BCUT2D eigenvalue weighted by Crippen LogP contribution is -2.27. The van der Waals surface area contributed by atoms with E-state index >= 15 is 0 Å². The molecule has 2 atom stereocenters. The Labute approximate surface area is 98.3 Å². The van der Waals surface area contributed by atoms with Crippen molar-refractivity contribution in [2.45, 2.75) is 37.5 Å². The van der Waals surface area contributed by atoms with Crippen molar-refractivity contribution >= 4 is 0 Å². The van der Waals surface area contributed by atoms with E-state index in [0.717, 1.165) is 32.2 Å². The van der Waals surface area contributed by atoms with Crippen molar-refractivity contribution < 1.29 is 9.47 Å². The predicted molar refractivity (Wildman–Crippen MR) is 63.7 cm³/mol. The van der Waals surface area contributed by atoms with E-state index in [4.69, 9.17) is 9.47 Å². The number of ether oxygens (including phenoxy) is 2. The van der Waals surface area contributed by atoms with Gasteiger partial charge in [-0.15, -0.1) is 0 Å². The number of nitrogens with zero attached hydrogens (tertiary/aromatic N) is 1. The Morgan fingerprint density at radius 1 is 1.12 bits per heavy atom. The van der Waals surface area contributed by atoms with Gasteiger partial charge in [0, 0.05) is 33.4 Å². The van der Waals surface area contributed by atoms with E-state index in [1.165, 1.54) is 19.3 Å². The van der Waals surface area contributed by atoms with Crippen molar-refractivity contribution in [3.05, 3.63) is 0 Å². The molecule has 1 aliphatic carbocycles. The van der Waals surface area contributed by atoms with Gasteiger partial charge in [-0.3, -0.25) is 4.90 Å². The van der Waals surface area contributed by atoms with Gasteiger partial charge in [-0.25, -0.2) is 0 Å². The van der Waals surface area contributed by atoms with E-state index in [9.17, 15) is 0 Å². The molecule has 1 saturated carbocycles. The molecule has 4 nitrogen and oxygen atoms in total. The SMILES string of the molecule is COC1CN(CCCNC2CC2)CC1OC. The summed E-state index contributed by atoms with van der Waals surface area (Å²) in [5.41, 5.74) is 0. The van der Waals surface area contributed by atoms with Gasteiger partial charge in [0.25, 0.3) is 0 Å². The molecule has 1 saturated heterocycles. The van der Waals surface area contributed by atoms with Crippen LogP contribution in [-0.4, -0.2) is 63.5 Å². The number of hydrogen-bond donors (Lipinski definition) is 1. The van der Waals surface area contributed by atoms with Gasteiger partial charge in [-0.2, -0.15) is 0 Å². The minimum absolute atomic E-state index is 0.251. The van der Waals surface area contributed by atoms with Crippen LogP contribution in [0.3, 0.4) is 0 Å². The molecule has 2 aliphatic rings. The predicted octanol–water partition coefficient (Wildman–Crippen LogP) is 0.474. The maximum absolute atomic E-state index is 5.42. The van der Waals surface area contributed by atoms with Crippen LogP contribution in [0.25, 0.3) is 0 Å². The lowest BCUT2D eigenvalue weighted by atomic mass is 10.3. The number of rotatable bonds is 7. The van der Waals surface area contributed by atoms with Crippen LogP contribution in [-0.2, 0) is 9.47 Å². The fraction of sp³-hybridized carbons (Fsp3) is 1.00. The third-order valence-corrected chi connectivity index (χ3v) is 3.56. The zero-order chi connectivity index (χ0) is 11.4. The van der Waals surface area contributed by atoms with Gasteiger partial charge in [0.2, 0.25) is 0 Å². The zero-order valence-electron chi connectivity index (χ0n) is 10.4. The van der Waals surface area contributed by atoms with Crippen LogP contribution in [0.1, 0.15) is 19.3 Å². The Hall–Kier alpha value is -0.160. The molecule has 0 aromatic heterocycles. The monoisotopic (exact) mass is 228 g/mol. The minimum Gasteiger partial charge on any atom is -0.377 e. The van der Waals surface area contributed by atoms with Gasteiger partial charge >= 0.3 is 0 Å². The van der Waals surface area contributed by atoms with E-state index < -0.39 is 0 Å².